The highest BCUT2D eigenvalue weighted by molar-refractivity contribution is 7.80. The number of ketones is 2. The molecule has 0 aliphatic heterocycles. The van der Waals surface area contributed by atoms with Crippen LogP contribution in [0.2, 0.25) is 0 Å². The first-order chi connectivity index (χ1) is 13.1. The molecular formula is C20H27NO6S. The molecule has 7 nitrogen and oxygen atoms in total. The second-order valence-electron chi connectivity index (χ2n) is 5.76. The van der Waals surface area contributed by atoms with Gasteiger partial charge in [-0.15, -0.1) is 0 Å². The molecule has 0 unspecified atom stereocenters. The molecule has 0 radical (unpaired) electrons. The van der Waals surface area contributed by atoms with Gasteiger partial charge in [0.05, 0.1) is 13.5 Å². The number of benzene rings is 2. The highest BCUT2D eigenvalue weighted by Crippen LogP contribution is 2.16. The minimum Gasteiger partial charge on any atom is -0.333 e. The van der Waals surface area contributed by atoms with Gasteiger partial charge in [-0.3, -0.25) is 18.3 Å². The Morgan fingerprint density at radius 1 is 0.929 bits per heavy atom. The van der Waals surface area contributed by atoms with Crippen molar-refractivity contribution in [2.75, 3.05) is 14.2 Å². The summed E-state index contributed by atoms with van der Waals surface area (Å²) in [4.78, 5) is 24.1. The summed E-state index contributed by atoms with van der Waals surface area (Å²) in [5.41, 5.74) is 6.87. The molecule has 0 bridgehead atoms. The fourth-order valence-corrected chi connectivity index (χ4v) is 2.03. The van der Waals surface area contributed by atoms with E-state index in [1.165, 1.54) is 12.6 Å². The Morgan fingerprint density at radius 3 is 1.68 bits per heavy atom. The van der Waals surface area contributed by atoms with Gasteiger partial charge in [0.2, 0.25) is 0 Å². The summed E-state index contributed by atoms with van der Waals surface area (Å²) in [5, 5.41) is 0. The molecule has 0 atom stereocenters. The van der Waals surface area contributed by atoms with E-state index in [-0.39, 0.29) is 18.0 Å². The monoisotopic (exact) mass is 409 g/mol. The van der Waals surface area contributed by atoms with Crippen molar-refractivity contribution in [3.05, 3.63) is 71.3 Å². The Hall–Kier alpha value is -2.39. The lowest BCUT2D eigenvalue weighted by molar-refractivity contribution is 0.0894. The van der Waals surface area contributed by atoms with Gasteiger partial charge in [-0.05, 0) is 18.5 Å². The van der Waals surface area contributed by atoms with Crippen molar-refractivity contribution in [2.24, 2.45) is 5.73 Å². The molecule has 0 saturated carbocycles. The van der Waals surface area contributed by atoms with E-state index in [9.17, 15) is 18.0 Å². The van der Waals surface area contributed by atoms with Crippen LogP contribution in [0.5, 0.6) is 0 Å². The van der Waals surface area contributed by atoms with Crippen LogP contribution in [-0.2, 0) is 14.6 Å². The Bertz CT molecular complexity index is 831. The maximum atomic E-state index is 12.1. The van der Waals surface area contributed by atoms with Crippen molar-refractivity contribution in [3.8, 4) is 0 Å². The number of carbonyl (C=O) groups excluding carboxylic acids is 2. The molecule has 2 rings (SSSR count). The molecule has 0 aliphatic rings. The van der Waals surface area contributed by atoms with Crippen molar-refractivity contribution in [1.82, 2.24) is 0 Å². The minimum absolute atomic E-state index is 0.0783. The van der Waals surface area contributed by atoms with Gasteiger partial charge in [-0.25, -0.2) is 0 Å². The van der Waals surface area contributed by atoms with E-state index >= 15 is 0 Å². The smallest absolute Gasteiger partial charge is 0.333 e. The molecule has 2 aromatic rings. The zero-order valence-electron chi connectivity index (χ0n) is 16.5. The fraction of sp³-hybridized carbons (Fsp3) is 0.300. The molecule has 0 aromatic heterocycles. The Morgan fingerprint density at radius 2 is 1.32 bits per heavy atom. The van der Waals surface area contributed by atoms with Gasteiger partial charge in [0, 0.05) is 11.1 Å². The normalized spacial score (nSPS) is 10.2. The molecular weight excluding hydrogens is 382 g/mol. The molecule has 0 fully saturated rings. The zero-order chi connectivity index (χ0) is 21.7. The second-order valence-corrected chi connectivity index (χ2v) is 6.95. The summed E-state index contributed by atoms with van der Waals surface area (Å²) in [5.74, 6) is 0.169. The molecule has 8 heteroatoms. The van der Waals surface area contributed by atoms with Crippen molar-refractivity contribution in [2.45, 2.75) is 26.2 Å². The SMILES string of the molecule is CC(C)c1ccc(C(=O)CC(=O)c2ccccc2)cc1.CN.COS(=O)(=O)O. The second kappa shape index (κ2) is 12.9. The maximum Gasteiger partial charge on any atom is 0.397 e. The van der Waals surface area contributed by atoms with Crippen LogP contribution in [-0.4, -0.2) is 38.7 Å². The van der Waals surface area contributed by atoms with Gasteiger partial charge in [-0.1, -0.05) is 68.4 Å². The van der Waals surface area contributed by atoms with Crippen molar-refractivity contribution in [1.29, 1.82) is 0 Å². The topological polar surface area (TPSA) is 124 Å². The third kappa shape index (κ3) is 10.1. The van der Waals surface area contributed by atoms with E-state index in [2.05, 4.69) is 23.8 Å². The highest BCUT2D eigenvalue weighted by atomic mass is 32.3. The average Bonchev–Trinajstić information content (AvgIpc) is 2.70. The maximum absolute atomic E-state index is 12.1. The molecule has 28 heavy (non-hydrogen) atoms. The molecule has 0 spiro atoms. The first-order valence-electron chi connectivity index (χ1n) is 8.46. The molecule has 0 aliphatic carbocycles. The largest absolute Gasteiger partial charge is 0.397 e. The summed E-state index contributed by atoms with van der Waals surface area (Å²) >= 11 is 0. The van der Waals surface area contributed by atoms with Crippen molar-refractivity contribution >= 4 is 22.0 Å². The van der Waals surface area contributed by atoms with Crippen LogP contribution in [0.4, 0.5) is 0 Å². The highest BCUT2D eigenvalue weighted by Gasteiger charge is 2.13. The third-order valence-corrected chi connectivity index (χ3v) is 3.95. The minimum atomic E-state index is -4.16. The third-order valence-electron chi connectivity index (χ3n) is 3.53. The first kappa shape index (κ1) is 25.6. The van der Waals surface area contributed by atoms with E-state index in [4.69, 9.17) is 4.55 Å². The van der Waals surface area contributed by atoms with Crippen LogP contribution < -0.4 is 5.73 Å². The fourth-order valence-electron chi connectivity index (χ4n) is 2.03. The first-order valence-corrected chi connectivity index (χ1v) is 9.82. The van der Waals surface area contributed by atoms with Gasteiger partial charge in [0.25, 0.3) is 0 Å². The van der Waals surface area contributed by atoms with E-state index in [1.807, 2.05) is 18.2 Å². The van der Waals surface area contributed by atoms with Crippen LogP contribution >= 0.6 is 0 Å². The summed E-state index contributed by atoms with van der Waals surface area (Å²) in [6.07, 6.45) is -0.0783. The number of nitrogens with two attached hydrogens (primary N) is 1. The standard InChI is InChI=1S/C18H18O2.CH5N.CH4O4S/c1-13(2)14-8-10-16(11-9-14)18(20)12-17(19)15-6-4-3-5-7-15;1-2;1-5-6(2,3)4/h3-11,13H,12H2,1-2H3;2H2,1H3;1H3,(H,2,3,4). The summed E-state index contributed by atoms with van der Waals surface area (Å²) < 4.78 is 29.7. The van der Waals surface area contributed by atoms with Gasteiger partial charge < -0.3 is 5.73 Å². The molecule has 0 amide bonds. The number of Topliss-reactive ketones (excluding diaryl/α,β-unsaturated/α-hetero) is 2. The van der Waals surface area contributed by atoms with Gasteiger partial charge in [-0.2, -0.15) is 8.42 Å². The van der Waals surface area contributed by atoms with E-state index < -0.39 is 10.4 Å². The molecule has 3 N–H and O–H groups in total. The summed E-state index contributed by atoms with van der Waals surface area (Å²) in [7, 11) is -1.79. The Kier molecular flexibility index (Phi) is 11.8. The predicted octanol–water partition coefficient (Wildman–Crippen LogP) is 3.28. The lowest BCUT2D eigenvalue weighted by atomic mass is 9.98. The van der Waals surface area contributed by atoms with Gasteiger partial charge >= 0.3 is 10.4 Å². The molecule has 0 saturated heterocycles. The number of hydrogen-bond acceptors (Lipinski definition) is 6. The summed E-state index contributed by atoms with van der Waals surface area (Å²) in [6, 6.07) is 16.4. The quantitative estimate of drug-likeness (QED) is 0.426. The Labute approximate surface area is 166 Å². The molecule has 2 aromatic carbocycles. The van der Waals surface area contributed by atoms with Gasteiger partial charge in [0.15, 0.2) is 11.6 Å². The molecule has 154 valence electrons. The zero-order valence-corrected chi connectivity index (χ0v) is 17.3. The number of hydrogen-bond donors (Lipinski definition) is 2. The van der Waals surface area contributed by atoms with Crippen LogP contribution in [0.15, 0.2) is 54.6 Å². The Balaban J connectivity index is 0.000000780. The lowest BCUT2D eigenvalue weighted by Gasteiger charge is -2.06. The average molecular weight is 410 g/mol. The van der Waals surface area contributed by atoms with Crippen molar-refractivity contribution < 1.29 is 26.7 Å². The van der Waals surface area contributed by atoms with E-state index in [1.54, 1.807) is 36.4 Å². The van der Waals surface area contributed by atoms with E-state index in [0.29, 0.717) is 17.0 Å². The van der Waals surface area contributed by atoms with Crippen molar-refractivity contribution in [3.63, 3.8) is 0 Å². The van der Waals surface area contributed by atoms with Crippen LogP contribution in [0, 0.1) is 0 Å². The summed E-state index contributed by atoms with van der Waals surface area (Å²) in [6.45, 7) is 4.21. The number of rotatable bonds is 6. The van der Waals surface area contributed by atoms with Crippen LogP contribution in [0.25, 0.3) is 0 Å². The number of carbonyl (C=O) groups is 2. The van der Waals surface area contributed by atoms with Crippen LogP contribution in [0.3, 0.4) is 0 Å². The van der Waals surface area contributed by atoms with Gasteiger partial charge in [0.1, 0.15) is 0 Å². The lowest BCUT2D eigenvalue weighted by Crippen LogP contribution is -2.08. The van der Waals surface area contributed by atoms with E-state index in [0.717, 1.165) is 7.11 Å². The van der Waals surface area contributed by atoms with Crippen LogP contribution in [0.1, 0.15) is 52.5 Å². The molecule has 0 heterocycles. The predicted molar refractivity (Wildman–Crippen MR) is 109 cm³/mol.